The first kappa shape index (κ1) is 32.3. The molecule has 0 bridgehead atoms. The number of halogens is 7. The van der Waals surface area contributed by atoms with E-state index in [0.717, 1.165) is 0 Å². The Morgan fingerprint density at radius 2 is 1.48 bits per heavy atom. The minimum atomic E-state index is -4.58. The summed E-state index contributed by atoms with van der Waals surface area (Å²) in [6.45, 7) is -1.10. The van der Waals surface area contributed by atoms with E-state index in [0.29, 0.717) is 44.9 Å². The normalized spacial score (nSPS) is 37.2. The van der Waals surface area contributed by atoms with Gasteiger partial charge in [-0.25, -0.2) is 4.39 Å². The first-order valence-corrected chi connectivity index (χ1v) is 15.4. The fourth-order valence-electron chi connectivity index (χ4n) is 6.04. The Bertz CT molecular complexity index is 864. The van der Waals surface area contributed by atoms with E-state index in [1.165, 1.54) is 4.31 Å². The molecule has 4 rings (SSSR count). The van der Waals surface area contributed by atoms with Crippen LogP contribution in [-0.4, -0.2) is 83.3 Å². The van der Waals surface area contributed by atoms with Gasteiger partial charge < -0.3 is 9.29 Å². The van der Waals surface area contributed by atoms with Crippen molar-refractivity contribution in [2.24, 2.45) is 5.92 Å². The average molecular weight is 613 g/mol. The smallest absolute Gasteiger partial charge is 0.411 e. The Morgan fingerprint density at radius 3 is 2.08 bits per heavy atom. The van der Waals surface area contributed by atoms with Gasteiger partial charge >= 0.3 is 12.4 Å². The van der Waals surface area contributed by atoms with Gasteiger partial charge in [0.25, 0.3) is 0 Å². The first-order chi connectivity index (χ1) is 18.7. The standard InChI is InChI=1S/C23H39F7N6O3S/c24-15-4-2-6-18(12-15)40(37,38)36-9-7-16(8-10-36)31-19-33-20(35-21(34-19)39-13-22(25,26)27)32-17-5-1-3-14(11-17)23(28,29)30/h14-21,31-35H,1-13H2. The molecule has 234 valence electrons. The highest BCUT2D eigenvalue weighted by atomic mass is 32.3. The lowest BCUT2D eigenvalue weighted by Crippen LogP contribution is -2.76. The van der Waals surface area contributed by atoms with Crippen molar-refractivity contribution < 1.29 is 44.2 Å². The van der Waals surface area contributed by atoms with E-state index in [4.69, 9.17) is 4.74 Å². The molecule has 0 amide bonds. The van der Waals surface area contributed by atoms with Crippen LogP contribution in [-0.2, 0) is 19.3 Å². The van der Waals surface area contributed by atoms with Crippen molar-refractivity contribution in [1.82, 2.24) is 30.9 Å². The zero-order valence-electron chi connectivity index (χ0n) is 22.0. The lowest BCUT2D eigenvalue weighted by atomic mass is 9.85. The summed E-state index contributed by atoms with van der Waals surface area (Å²) in [6, 6.07) is -0.715. The van der Waals surface area contributed by atoms with Crippen molar-refractivity contribution in [2.75, 3.05) is 19.7 Å². The lowest BCUT2D eigenvalue weighted by Gasteiger charge is -2.44. The van der Waals surface area contributed by atoms with Crippen LogP contribution in [0, 0.1) is 5.92 Å². The van der Waals surface area contributed by atoms with Crippen molar-refractivity contribution in [3.8, 4) is 0 Å². The van der Waals surface area contributed by atoms with E-state index in [1.807, 2.05) is 0 Å². The predicted molar refractivity (Wildman–Crippen MR) is 131 cm³/mol. The van der Waals surface area contributed by atoms with Crippen LogP contribution in [0.4, 0.5) is 30.7 Å². The predicted octanol–water partition coefficient (Wildman–Crippen LogP) is 2.79. The molecule has 17 heteroatoms. The van der Waals surface area contributed by atoms with Crippen LogP contribution in [0.2, 0.25) is 0 Å². The largest absolute Gasteiger partial charge is 0.597 e. The minimum Gasteiger partial charge on any atom is -0.597 e. The van der Waals surface area contributed by atoms with Gasteiger partial charge in [0.15, 0.2) is 6.35 Å². The van der Waals surface area contributed by atoms with Gasteiger partial charge in [0.1, 0.15) is 41.0 Å². The summed E-state index contributed by atoms with van der Waals surface area (Å²) in [5.41, 5.74) is 0. The molecule has 40 heavy (non-hydrogen) atoms. The lowest BCUT2D eigenvalue weighted by molar-refractivity contribution is -0.199. The second-order valence-electron chi connectivity index (χ2n) is 11.2. The van der Waals surface area contributed by atoms with Crippen molar-refractivity contribution in [1.29, 1.82) is 0 Å². The second kappa shape index (κ2) is 13.3. The van der Waals surface area contributed by atoms with Crippen LogP contribution in [0.5, 0.6) is 0 Å². The highest BCUT2D eigenvalue weighted by Crippen LogP contribution is 2.37. The molecule has 2 saturated carbocycles. The van der Waals surface area contributed by atoms with E-state index in [2.05, 4.69) is 26.6 Å². The number of rotatable bonds is 8. The van der Waals surface area contributed by atoms with Gasteiger partial charge in [-0.05, 0) is 51.4 Å². The molecule has 8 unspecified atom stereocenters. The van der Waals surface area contributed by atoms with Crippen LogP contribution in [0.25, 0.3) is 0 Å². The maximum absolute atomic E-state index is 13.8. The maximum atomic E-state index is 13.8. The van der Waals surface area contributed by atoms with Gasteiger partial charge in [-0.3, -0.25) is 26.6 Å². The third-order valence-corrected chi connectivity index (χ3v) is 10.5. The minimum absolute atomic E-state index is 0.00183. The molecule has 2 heterocycles. The van der Waals surface area contributed by atoms with Gasteiger partial charge in [-0.2, -0.15) is 26.3 Å². The van der Waals surface area contributed by atoms with Crippen LogP contribution in [0.15, 0.2) is 0 Å². The van der Waals surface area contributed by atoms with E-state index in [-0.39, 0.29) is 38.4 Å². The molecular formula is C23H39F7N6O3S. The number of piperidine rings is 1. The average Bonchev–Trinajstić information content (AvgIpc) is 2.87. The molecule has 4 aliphatic rings. The van der Waals surface area contributed by atoms with Gasteiger partial charge in [-0.1, -0.05) is 10.6 Å². The molecule has 0 radical (unpaired) electrons. The molecule has 8 atom stereocenters. The topological polar surface area (TPSA) is 113 Å². The molecule has 0 aromatic rings. The summed E-state index contributed by atoms with van der Waals surface area (Å²) in [4.78, 5) is 0. The number of sulfonamides is 1. The monoisotopic (exact) mass is 612 g/mol. The van der Waals surface area contributed by atoms with E-state index < -0.39 is 71.7 Å². The second-order valence-corrected chi connectivity index (χ2v) is 13.4. The van der Waals surface area contributed by atoms with E-state index in [9.17, 15) is 39.5 Å². The summed E-state index contributed by atoms with van der Waals surface area (Å²) >= 11 is 0. The third-order valence-electron chi connectivity index (χ3n) is 8.12. The summed E-state index contributed by atoms with van der Waals surface area (Å²) in [5, 5.41) is 14.2. The third kappa shape index (κ3) is 9.17. The Balaban J connectivity index is 1.32. The number of hydrogen-bond acceptors (Lipinski definition) is 8. The molecular weight excluding hydrogens is 573 g/mol. The van der Waals surface area contributed by atoms with Crippen LogP contribution in [0.3, 0.4) is 0 Å². The van der Waals surface area contributed by atoms with Gasteiger partial charge in [0.05, 0.1) is 5.92 Å². The Kier molecular flexibility index (Phi) is 10.7. The summed E-state index contributed by atoms with van der Waals surface area (Å²) in [6.07, 6.45) is -9.97. The number of nitrogens with one attached hydrogen (secondary N) is 5. The van der Waals surface area contributed by atoms with Gasteiger partial charge in [0, 0.05) is 31.6 Å². The van der Waals surface area contributed by atoms with Crippen LogP contribution in [0.1, 0.15) is 64.2 Å². The Morgan fingerprint density at radius 1 is 0.850 bits per heavy atom. The summed E-state index contributed by atoms with van der Waals surface area (Å²) in [5.74, 6) is -1.45. The molecule has 2 saturated heterocycles. The number of alkyl halides is 7. The number of ether oxygens (including phenoxy) is 1. The zero-order chi connectivity index (χ0) is 29.1. The van der Waals surface area contributed by atoms with Gasteiger partial charge in [0.2, 0.25) is 0 Å². The number of nitrogens with zero attached hydrogens (tertiary/aromatic N) is 1. The van der Waals surface area contributed by atoms with Crippen molar-refractivity contribution in [3.05, 3.63) is 0 Å². The quantitative estimate of drug-likeness (QED) is 0.210. The SMILES string of the molecule is O=[S+]([O-])(C1CCCC(F)C1)N1CCC(NC2NC(NC3CCCC(C(F)(F)F)C3)NC(OCC(F)(F)F)N2)CC1. The fraction of sp³-hybridized carbons (Fsp3) is 1.00. The summed E-state index contributed by atoms with van der Waals surface area (Å²) < 4.78 is 124. The molecule has 2 aliphatic carbocycles. The van der Waals surface area contributed by atoms with Crippen molar-refractivity contribution in [3.63, 3.8) is 0 Å². The molecule has 2 aliphatic heterocycles. The van der Waals surface area contributed by atoms with Gasteiger partial charge in [-0.15, -0.1) is 4.31 Å². The molecule has 9 nitrogen and oxygen atoms in total. The van der Waals surface area contributed by atoms with Crippen LogP contribution >= 0.6 is 0 Å². The highest BCUT2D eigenvalue weighted by molar-refractivity contribution is 7.96. The fourth-order valence-corrected chi connectivity index (χ4v) is 8.09. The van der Waals surface area contributed by atoms with Crippen molar-refractivity contribution in [2.45, 2.75) is 119 Å². The van der Waals surface area contributed by atoms with Crippen LogP contribution < -0.4 is 26.6 Å². The highest BCUT2D eigenvalue weighted by Gasteiger charge is 2.44. The number of hydrogen-bond donors (Lipinski definition) is 5. The molecule has 0 aromatic carbocycles. The molecule has 5 N–H and O–H groups in total. The van der Waals surface area contributed by atoms with E-state index >= 15 is 0 Å². The Labute approximate surface area is 230 Å². The Hall–Kier alpha value is -0.660. The molecule has 4 fully saturated rings. The van der Waals surface area contributed by atoms with E-state index in [1.54, 1.807) is 0 Å². The first-order valence-electron chi connectivity index (χ1n) is 13.9. The maximum Gasteiger partial charge on any atom is 0.411 e. The zero-order valence-corrected chi connectivity index (χ0v) is 22.9. The van der Waals surface area contributed by atoms with Crippen molar-refractivity contribution >= 4 is 10.4 Å². The molecule has 0 spiro atoms. The molecule has 0 aromatic heterocycles. The summed E-state index contributed by atoms with van der Waals surface area (Å²) in [7, 11) is -3.64.